The van der Waals surface area contributed by atoms with Crippen LogP contribution in [0.4, 0.5) is 5.69 Å². The molecule has 13 nitrogen and oxygen atoms in total. The monoisotopic (exact) mass is 993 g/mol. The van der Waals surface area contributed by atoms with Crippen molar-refractivity contribution in [2.45, 2.75) is 29.4 Å². The molecule has 8 bridgehead atoms. The topological polar surface area (TPSA) is 156 Å². The van der Waals surface area contributed by atoms with Gasteiger partial charge in [0.1, 0.15) is 55.2 Å². The Bertz CT molecular complexity index is 3880. The molecule has 4 N–H and O–H groups in total. The number of nitrogens with one attached hydrogen (secondary N) is 2. The highest BCUT2D eigenvalue weighted by Gasteiger charge is 2.24. The smallest absolute Gasteiger partial charge is 0.169 e. The van der Waals surface area contributed by atoms with E-state index in [4.69, 9.17) is 40.4 Å². The van der Waals surface area contributed by atoms with Gasteiger partial charge in [0.2, 0.25) is 0 Å². The summed E-state index contributed by atoms with van der Waals surface area (Å²) in [5, 5.41) is 3.40. The van der Waals surface area contributed by atoms with Gasteiger partial charge >= 0.3 is 0 Å². The minimum atomic E-state index is 0.504. The second kappa shape index (κ2) is 17.8. The van der Waals surface area contributed by atoms with Gasteiger partial charge in [-0.15, -0.1) is 0 Å². The molecular formula is C56H41N12OS3+3. The molecule has 0 saturated carbocycles. The van der Waals surface area contributed by atoms with Crippen LogP contribution in [-0.4, -0.2) is 39.9 Å². The van der Waals surface area contributed by atoms with Crippen LogP contribution < -0.4 is 24.2 Å². The number of fused-ring (bicyclic) bond motifs is 20. The molecule has 0 spiro atoms. The summed E-state index contributed by atoms with van der Waals surface area (Å²) in [4.78, 5) is 45.6. The Kier molecular flexibility index (Phi) is 10.7. The number of nitrogen functional groups attached to an aromatic ring is 1. The average Bonchev–Trinajstić information content (AvgIpc) is 4.12. The number of aromatic nitrogens is 11. The number of ether oxygens (including phenoxy) is 1. The molecule has 13 rings (SSSR count). The minimum Gasteiger partial charge on any atom is -0.457 e. The van der Waals surface area contributed by atoms with Crippen LogP contribution in [-0.2, 0) is 21.1 Å². The Balaban J connectivity index is 1.06. The highest BCUT2D eigenvalue weighted by molar-refractivity contribution is 7.99. The van der Waals surface area contributed by atoms with Crippen molar-refractivity contribution < 1.29 is 18.4 Å². The number of anilines is 1. The first kappa shape index (κ1) is 43.6. The third-order valence-electron chi connectivity index (χ3n) is 12.4. The zero-order chi connectivity index (χ0) is 48.5. The van der Waals surface area contributed by atoms with Crippen molar-refractivity contribution in [3.05, 3.63) is 171 Å². The van der Waals surface area contributed by atoms with Gasteiger partial charge in [-0.05, 0) is 97.1 Å². The summed E-state index contributed by atoms with van der Waals surface area (Å²) < 4.78 is 12.5. The van der Waals surface area contributed by atoms with Gasteiger partial charge in [-0.3, -0.25) is 0 Å². The molecule has 0 fully saturated rings. The van der Waals surface area contributed by atoms with E-state index in [1.165, 1.54) is 0 Å². The van der Waals surface area contributed by atoms with Crippen LogP contribution in [0.2, 0.25) is 0 Å². The fraction of sp³-hybridized carbons (Fsp3) is 0.0536. The van der Waals surface area contributed by atoms with E-state index in [2.05, 4.69) is 113 Å². The molecule has 72 heavy (non-hydrogen) atoms. The van der Waals surface area contributed by atoms with Crippen LogP contribution in [0.5, 0.6) is 11.5 Å². The summed E-state index contributed by atoms with van der Waals surface area (Å²) in [5.41, 5.74) is 12.5. The van der Waals surface area contributed by atoms with Crippen molar-refractivity contribution >= 4 is 85.1 Å². The molecule has 0 amide bonds. The van der Waals surface area contributed by atoms with Gasteiger partial charge in [0, 0.05) is 115 Å². The van der Waals surface area contributed by atoms with Gasteiger partial charge in [0.15, 0.2) is 60.5 Å². The Hall–Kier alpha value is -8.44. The zero-order valence-electron chi connectivity index (χ0n) is 38.9. The van der Waals surface area contributed by atoms with Crippen molar-refractivity contribution in [2.75, 3.05) is 5.73 Å². The Morgan fingerprint density at radius 2 is 0.736 bits per heavy atom. The molecule has 6 aromatic heterocycles. The van der Waals surface area contributed by atoms with Gasteiger partial charge in [0.05, 0.1) is 0 Å². The minimum absolute atomic E-state index is 0.504. The van der Waals surface area contributed by atoms with Gasteiger partial charge in [0.25, 0.3) is 0 Å². The third kappa shape index (κ3) is 8.44. The summed E-state index contributed by atoms with van der Waals surface area (Å²) >= 11 is 5.05. The predicted octanol–water partition coefficient (Wildman–Crippen LogP) is 11.2. The maximum absolute atomic E-state index is 6.38. The molecule has 8 heterocycles. The summed E-state index contributed by atoms with van der Waals surface area (Å²) in [6.45, 7) is 0. The predicted molar refractivity (Wildman–Crippen MR) is 282 cm³/mol. The van der Waals surface area contributed by atoms with Crippen molar-refractivity contribution in [1.29, 1.82) is 0 Å². The molecule has 2 aliphatic heterocycles. The van der Waals surface area contributed by atoms with E-state index in [9.17, 15) is 0 Å². The van der Waals surface area contributed by atoms with Gasteiger partial charge in [-0.25, -0.2) is 43.6 Å². The number of nitrogens with zero attached hydrogens (tertiary/aromatic N) is 9. The first-order valence-electron chi connectivity index (χ1n) is 23.0. The van der Waals surface area contributed by atoms with Crippen molar-refractivity contribution in [2.24, 2.45) is 21.1 Å². The molecule has 0 unspecified atom stereocenters. The lowest BCUT2D eigenvalue weighted by atomic mass is 10.1. The number of hydrogen-bond acceptors (Lipinski definition) is 11. The molecular weight excluding hydrogens is 953 g/mol. The Morgan fingerprint density at radius 1 is 0.361 bits per heavy atom. The number of benzene rings is 5. The second-order valence-corrected chi connectivity index (χ2v) is 21.0. The van der Waals surface area contributed by atoms with E-state index < -0.39 is 0 Å². The van der Waals surface area contributed by atoms with Crippen LogP contribution in [0, 0.1) is 0 Å². The SMILES string of the molecule is C[n+]1ccc(Sc2ccc3c(c2)-c2nc-3nc3[nH]c(nc4nc(nc5[nH]c(n2)c2ccc(Oc6ccc(N)cc6)cc52)-c2ccc(Sc5cc[n+](C)cc5)cc2-4)c2ccc(Sc4cc[n+](C)cc4)cc32)cc1. The molecule has 2 aliphatic rings. The molecule has 0 atom stereocenters. The lowest BCUT2D eigenvalue weighted by Gasteiger charge is -2.06. The molecule has 16 heteroatoms. The number of pyridine rings is 3. The van der Waals surface area contributed by atoms with Gasteiger partial charge < -0.3 is 20.4 Å². The highest BCUT2D eigenvalue weighted by atomic mass is 32.2. The maximum atomic E-state index is 6.38. The number of hydrogen-bond donors (Lipinski definition) is 3. The van der Waals surface area contributed by atoms with Gasteiger partial charge in [-0.1, -0.05) is 35.3 Å². The van der Waals surface area contributed by atoms with Crippen LogP contribution in [0.1, 0.15) is 0 Å². The number of aryl methyl sites for hydroxylation is 3. The van der Waals surface area contributed by atoms with Crippen LogP contribution in [0.3, 0.4) is 0 Å². The first-order valence-corrected chi connectivity index (χ1v) is 25.5. The number of H-pyrrole nitrogens is 2. The quantitative estimate of drug-likeness (QED) is 0.0984. The summed E-state index contributed by atoms with van der Waals surface area (Å²) in [6.07, 6.45) is 12.3. The van der Waals surface area contributed by atoms with Crippen molar-refractivity contribution in [3.63, 3.8) is 0 Å². The molecule has 0 saturated heterocycles. The lowest BCUT2D eigenvalue weighted by molar-refractivity contribution is -0.671. The third-order valence-corrected chi connectivity index (χ3v) is 15.4. The van der Waals surface area contributed by atoms with Crippen LogP contribution in [0.25, 0.3) is 89.7 Å². The first-order chi connectivity index (χ1) is 35.2. The molecule has 0 aliphatic carbocycles. The summed E-state index contributed by atoms with van der Waals surface area (Å²) in [5.74, 6) is 3.34. The van der Waals surface area contributed by atoms with Crippen molar-refractivity contribution in [3.8, 4) is 57.1 Å². The average molecular weight is 994 g/mol. The zero-order valence-corrected chi connectivity index (χ0v) is 41.4. The van der Waals surface area contributed by atoms with Crippen LogP contribution >= 0.6 is 35.3 Å². The molecule has 11 aromatic rings. The van der Waals surface area contributed by atoms with E-state index in [-0.39, 0.29) is 0 Å². The van der Waals surface area contributed by atoms with Gasteiger partial charge in [-0.2, -0.15) is 0 Å². The number of rotatable bonds is 8. The molecule has 346 valence electrons. The Labute approximate surface area is 425 Å². The van der Waals surface area contributed by atoms with E-state index in [1.54, 1.807) is 35.3 Å². The maximum Gasteiger partial charge on any atom is 0.169 e. The molecule has 5 aromatic carbocycles. The second-order valence-electron chi connectivity index (χ2n) is 17.5. The van der Waals surface area contributed by atoms with Crippen LogP contribution in [0.15, 0.2) is 200 Å². The number of nitrogens with two attached hydrogens (primary N) is 1. The van der Waals surface area contributed by atoms with E-state index in [1.807, 2.05) is 102 Å². The summed E-state index contributed by atoms with van der Waals surface area (Å²) in [6, 6.07) is 45.0. The summed E-state index contributed by atoms with van der Waals surface area (Å²) in [7, 11) is 6.05. The largest absolute Gasteiger partial charge is 0.457 e. The normalized spacial score (nSPS) is 11.8. The lowest BCUT2D eigenvalue weighted by Crippen LogP contribution is -2.25. The molecule has 0 radical (unpaired) electrons. The highest BCUT2D eigenvalue weighted by Crippen LogP contribution is 2.42. The fourth-order valence-electron chi connectivity index (χ4n) is 8.71. The van der Waals surface area contributed by atoms with E-state index in [0.717, 1.165) is 73.2 Å². The van der Waals surface area contributed by atoms with E-state index in [0.29, 0.717) is 63.1 Å². The van der Waals surface area contributed by atoms with E-state index >= 15 is 0 Å². The Morgan fingerprint density at radius 3 is 1.21 bits per heavy atom. The van der Waals surface area contributed by atoms with Crippen molar-refractivity contribution in [1.82, 2.24) is 39.9 Å². The fourth-order valence-corrected chi connectivity index (χ4v) is 11.2. The standard InChI is InChI=1S/C56H41N12OS3/c1-66-22-16-35(17-23-66)70-38-9-13-42-46(29-38)55-61-50(42)59-53-45-28-34(69-33-6-4-32(57)5-7-33)8-12-41(45)49(58-53)60-54-47-30-39(71-36-18-24-67(2)25-19-36)10-14-43(47)51(62-54)64-56-48-31-40(11-15-44(48)52(63-55)65-56)72-37-20-26-68(3)27-21-37/h4-31H,57H2,1-3H3,(H2,58,59,60,61,62,63,64,65)/q+3. The number of aromatic amines is 2.